The Morgan fingerprint density at radius 3 is 2.65 bits per heavy atom. The molecule has 1 unspecified atom stereocenters. The van der Waals surface area contributed by atoms with Gasteiger partial charge in [0.1, 0.15) is 0 Å². The SMILES string of the molecule is CC(CNC(=O)C1CCN(C(=O)N(C)C)CC1)c1nc2ccccc2s1. The fourth-order valence-corrected chi connectivity index (χ4v) is 4.22. The summed E-state index contributed by atoms with van der Waals surface area (Å²) in [6.45, 7) is 3.97. The van der Waals surface area contributed by atoms with Gasteiger partial charge in [-0.25, -0.2) is 9.78 Å². The molecule has 1 aromatic heterocycles. The summed E-state index contributed by atoms with van der Waals surface area (Å²) in [4.78, 5) is 32.5. The van der Waals surface area contributed by atoms with Crippen LogP contribution in [0.1, 0.15) is 30.7 Å². The minimum absolute atomic E-state index is 0.0104. The van der Waals surface area contributed by atoms with Gasteiger partial charge in [0.25, 0.3) is 0 Å². The van der Waals surface area contributed by atoms with Crippen LogP contribution in [-0.2, 0) is 4.79 Å². The summed E-state index contributed by atoms with van der Waals surface area (Å²) in [6.07, 6.45) is 1.45. The molecule has 1 N–H and O–H groups in total. The molecule has 1 aromatic carbocycles. The van der Waals surface area contributed by atoms with Crippen LogP contribution in [-0.4, -0.2) is 60.5 Å². The number of aromatic nitrogens is 1. The number of carbonyl (C=O) groups is 2. The monoisotopic (exact) mass is 374 g/mol. The molecule has 140 valence electrons. The Bertz CT molecular complexity index is 748. The van der Waals surface area contributed by atoms with Gasteiger partial charge in [0.2, 0.25) is 5.91 Å². The number of carbonyl (C=O) groups excluding carboxylic acids is 2. The van der Waals surface area contributed by atoms with Crippen LogP contribution in [0.15, 0.2) is 24.3 Å². The van der Waals surface area contributed by atoms with Gasteiger partial charge in [-0.15, -0.1) is 11.3 Å². The van der Waals surface area contributed by atoms with Crippen LogP contribution in [0.25, 0.3) is 10.2 Å². The number of nitrogens with one attached hydrogen (secondary N) is 1. The highest BCUT2D eigenvalue weighted by molar-refractivity contribution is 7.18. The molecule has 1 saturated heterocycles. The van der Waals surface area contributed by atoms with Gasteiger partial charge in [0.15, 0.2) is 0 Å². The molecule has 7 heteroatoms. The summed E-state index contributed by atoms with van der Waals surface area (Å²) in [7, 11) is 3.51. The summed E-state index contributed by atoms with van der Waals surface area (Å²) in [5.41, 5.74) is 1.02. The van der Waals surface area contributed by atoms with Crippen molar-refractivity contribution in [2.24, 2.45) is 5.92 Å². The molecule has 1 aliphatic rings. The second-order valence-corrected chi connectivity index (χ2v) is 8.17. The van der Waals surface area contributed by atoms with Crippen molar-refractivity contribution in [3.8, 4) is 0 Å². The summed E-state index contributed by atoms with van der Waals surface area (Å²) in [5, 5.41) is 4.13. The van der Waals surface area contributed by atoms with Crippen LogP contribution in [0.3, 0.4) is 0 Å². The Labute approximate surface area is 158 Å². The third-order valence-corrected chi connectivity index (χ3v) is 6.10. The normalized spacial score (nSPS) is 16.5. The van der Waals surface area contributed by atoms with Crippen LogP contribution in [0.4, 0.5) is 4.79 Å². The van der Waals surface area contributed by atoms with E-state index in [9.17, 15) is 9.59 Å². The second kappa shape index (κ2) is 8.03. The van der Waals surface area contributed by atoms with Gasteiger partial charge in [-0.1, -0.05) is 19.1 Å². The van der Waals surface area contributed by atoms with E-state index in [1.807, 2.05) is 23.1 Å². The van der Waals surface area contributed by atoms with E-state index in [4.69, 9.17) is 0 Å². The maximum atomic E-state index is 12.5. The lowest BCUT2D eigenvalue weighted by atomic mass is 9.96. The molecule has 3 amide bonds. The number of hydrogen-bond donors (Lipinski definition) is 1. The quantitative estimate of drug-likeness (QED) is 0.895. The molecule has 1 aliphatic heterocycles. The lowest BCUT2D eigenvalue weighted by molar-refractivity contribution is -0.126. The highest BCUT2D eigenvalue weighted by atomic mass is 32.1. The molecule has 2 aromatic rings. The van der Waals surface area contributed by atoms with Crippen molar-refractivity contribution in [2.45, 2.75) is 25.7 Å². The highest BCUT2D eigenvalue weighted by Crippen LogP contribution is 2.27. The van der Waals surface area contributed by atoms with Gasteiger partial charge < -0.3 is 15.1 Å². The molecule has 0 radical (unpaired) electrons. The second-order valence-electron chi connectivity index (χ2n) is 7.10. The molecule has 3 rings (SSSR count). The Kier molecular flexibility index (Phi) is 5.76. The smallest absolute Gasteiger partial charge is 0.319 e. The van der Waals surface area contributed by atoms with Crippen molar-refractivity contribution in [3.63, 3.8) is 0 Å². The van der Waals surface area contributed by atoms with E-state index >= 15 is 0 Å². The fraction of sp³-hybridized carbons (Fsp3) is 0.526. The molecular weight excluding hydrogens is 348 g/mol. The zero-order valence-electron chi connectivity index (χ0n) is 15.6. The molecular formula is C19H26N4O2S. The number of piperidine rings is 1. The van der Waals surface area contributed by atoms with Crippen LogP contribution in [0, 0.1) is 5.92 Å². The number of benzene rings is 1. The highest BCUT2D eigenvalue weighted by Gasteiger charge is 2.28. The van der Waals surface area contributed by atoms with Crippen molar-refractivity contribution in [3.05, 3.63) is 29.3 Å². The van der Waals surface area contributed by atoms with Crippen molar-refractivity contribution in [1.82, 2.24) is 20.1 Å². The van der Waals surface area contributed by atoms with Crippen LogP contribution >= 0.6 is 11.3 Å². The number of nitrogens with zero attached hydrogens (tertiary/aromatic N) is 3. The number of urea groups is 1. The van der Waals surface area contributed by atoms with Gasteiger partial charge in [0.05, 0.1) is 15.2 Å². The first kappa shape index (κ1) is 18.6. The first-order chi connectivity index (χ1) is 12.5. The maximum absolute atomic E-state index is 12.5. The number of rotatable bonds is 4. The molecule has 26 heavy (non-hydrogen) atoms. The summed E-state index contributed by atoms with van der Waals surface area (Å²) in [5.74, 6) is 0.269. The number of thiazole rings is 1. The van der Waals surface area contributed by atoms with Crippen LogP contribution in [0.2, 0.25) is 0 Å². The minimum atomic E-state index is -0.0104. The number of amides is 3. The van der Waals surface area contributed by atoms with Crippen LogP contribution in [0.5, 0.6) is 0 Å². The Morgan fingerprint density at radius 2 is 2.00 bits per heavy atom. The first-order valence-electron chi connectivity index (χ1n) is 9.05. The van der Waals surface area contributed by atoms with E-state index in [-0.39, 0.29) is 23.8 Å². The summed E-state index contributed by atoms with van der Waals surface area (Å²) in [6, 6.07) is 8.12. The lowest BCUT2D eigenvalue weighted by Crippen LogP contribution is -2.46. The van der Waals surface area contributed by atoms with E-state index in [0.717, 1.165) is 23.4 Å². The lowest BCUT2D eigenvalue weighted by Gasteiger charge is -2.33. The third-order valence-electron chi connectivity index (χ3n) is 4.83. The zero-order chi connectivity index (χ0) is 18.7. The van der Waals surface area contributed by atoms with Gasteiger partial charge in [0, 0.05) is 45.6 Å². The molecule has 2 heterocycles. The molecule has 0 bridgehead atoms. The summed E-state index contributed by atoms with van der Waals surface area (Å²) >= 11 is 1.69. The zero-order valence-corrected chi connectivity index (χ0v) is 16.4. The van der Waals surface area contributed by atoms with Gasteiger partial charge in [-0.2, -0.15) is 0 Å². The largest absolute Gasteiger partial charge is 0.355 e. The van der Waals surface area contributed by atoms with E-state index in [1.165, 1.54) is 4.70 Å². The van der Waals surface area contributed by atoms with Gasteiger partial charge >= 0.3 is 6.03 Å². The molecule has 0 aliphatic carbocycles. The van der Waals surface area contributed by atoms with Crippen molar-refractivity contribution in [1.29, 1.82) is 0 Å². The van der Waals surface area contributed by atoms with Crippen molar-refractivity contribution < 1.29 is 9.59 Å². The third kappa shape index (κ3) is 4.15. The Hall–Kier alpha value is -2.15. The van der Waals surface area contributed by atoms with E-state index in [2.05, 4.69) is 23.3 Å². The van der Waals surface area contributed by atoms with Crippen LogP contribution < -0.4 is 5.32 Å². The number of likely N-dealkylation sites (tertiary alicyclic amines) is 1. The van der Waals surface area contributed by atoms with Gasteiger partial charge in [-0.3, -0.25) is 4.79 Å². The average molecular weight is 375 g/mol. The Balaban J connectivity index is 1.49. The average Bonchev–Trinajstić information content (AvgIpc) is 3.09. The van der Waals surface area contributed by atoms with E-state index in [0.29, 0.717) is 19.6 Å². The van der Waals surface area contributed by atoms with Gasteiger partial charge in [-0.05, 0) is 25.0 Å². The molecule has 6 nitrogen and oxygen atoms in total. The van der Waals surface area contributed by atoms with E-state index < -0.39 is 0 Å². The molecule has 1 fully saturated rings. The molecule has 1 atom stereocenters. The predicted octanol–water partition coefficient (Wildman–Crippen LogP) is 2.91. The number of hydrogen-bond acceptors (Lipinski definition) is 4. The number of para-hydroxylation sites is 1. The first-order valence-corrected chi connectivity index (χ1v) is 9.86. The summed E-state index contributed by atoms with van der Waals surface area (Å²) < 4.78 is 1.18. The van der Waals surface area contributed by atoms with Crippen molar-refractivity contribution in [2.75, 3.05) is 33.7 Å². The van der Waals surface area contributed by atoms with E-state index in [1.54, 1.807) is 30.3 Å². The standard InChI is InChI=1S/C19H26N4O2S/c1-13(18-21-15-6-4-5-7-16(15)26-18)12-20-17(24)14-8-10-23(11-9-14)19(25)22(2)3/h4-7,13-14H,8-12H2,1-3H3,(H,20,24). The Morgan fingerprint density at radius 1 is 1.31 bits per heavy atom. The van der Waals surface area contributed by atoms with Crippen molar-refractivity contribution >= 4 is 33.5 Å². The molecule has 0 saturated carbocycles. The fourth-order valence-electron chi connectivity index (χ4n) is 3.20. The minimum Gasteiger partial charge on any atom is -0.355 e. The molecule has 0 spiro atoms. The number of fused-ring (bicyclic) bond motifs is 1. The maximum Gasteiger partial charge on any atom is 0.319 e. The predicted molar refractivity (Wildman–Crippen MR) is 104 cm³/mol. The topological polar surface area (TPSA) is 65.5 Å².